The third-order valence-corrected chi connectivity index (χ3v) is 3.59. The molecule has 0 aliphatic heterocycles. The lowest BCUT2D eigenvalue weighted by atomic mass is 9.96. The van der Waals surface area contributed by atoms with Crippen LogP contribution in [0.2, 0.25) is 0 Å². The summed E-state index contributed by atoms with van der Waals surface area (Å²) in [6.07, 6.45) is 1.04. The number of aliphatic hydroxyl groups excluding tert-OH is 1. The second kappa shape index (κ2) is 7.24. The van der Waals surface area contributed by atoms with E-state index in [1.54, 1.807) is 6.92 Å². The minimum Gasteiger partial charge on any atom is -0.399 e. The molecule has 0 aliphatic carbocycles. The van der Waals surface area contributed by atoms with Crippen LogP contribution in [0.25, 0.3) is 0 Å². The number of benzene rings is 1. The molecule has 4 N–H and O–H groups in total. The van der Waals surface area contributed by atoms with Crippen molar-refractivity contribution in [2.75, 3.05) is 12.3 Å². The van der Waals surface area contributed by atoms with Gasteiger partial charge in [0, 0.05) is 12.2 Å². The number of nitrogens with one attached hydrogen (secondary N) is 1. The van der Waals surface area contributed by atoms with E-state index in [4.69, 9.17) is 5.73 Å². The number of aryl methyl sites for hydroxylation is 1. The lowest BCUT2D eigenvalue weighted by molar-refractivity contribution is 0.0813. The van der Waals surface area contributed by atoms with Crippen molar-refractivity contribution in [3.63, 3.8) is 0 Å². The third kappa shape index (κ3) is 3.93. The minimum atomic E-state index is -0.626. The average Bonchev–Trinajstić information content (AvgIpc) is 2.41. The summed E-state index contributed by atoms with van der Waals surface area (Å²) in [4.78, 5) is 12.0. The van der Waals surface area contributed by atoms with Gasteiger partial charge in [0.2, 0.25) is 0 Å². The Labute approximate surface area is 119 Å². The predicted molar refractivity (Wildman–Crippen MR) is 78.0 cm³/mol. The summed E-state index contributed by atoms with van der Waals surface area (Å²) in [7, 11) is 0. The molecular weight excluding hydrogens is 259 g/mol. The van der Waals surface area contributed by atoms with Crippen LogP contribution < -0.4 is 11.1 Å². The topological polar surface area (TPSA) is 75.3 Å². The van der Waals surface area contributed by atoms with Gasteiger partial charge in [-0.2, -0.15) is 0 Å². The van der Waals surface area contributed by atoms with E-state index in [2.05, 4.69) is 5.32 Å². The number of rotatable bonds is 6. The first-order valence-corrected chi connectivity index (χ1v) is 6.92. The molecule has 0 saturated carbocycles. The van der Waals surface area contributed by atoms with E-state index in [0.717, 1.165) is 12.8 Å². The number of carbonyl (C=O) groups excluding carboxylic acids is 1. The highest BCUT2D eigenvalue weighted by atomic mass is 19.1. The van der Waals surface area contributed by atoms with Crippen molar-refractivity contribution >= 4 is 11.6 Å². The minimum absolute atomic E-state index is 0.0840. The SMILES string of the molecule is CCC(CC)C(O)CNC(=O)c1cc(N)cc(C)c1F. The van der Waals surface area contributed by atoms with Crippen molar-refractivity contribution in [1.29, 1.82) is 0 Å². The zero-order valence-corrected chi connectivity index (χ0v) is 12.2. The lowest BCUT2D eigenvalue weighted by Gasteiger charge is -2.20. The highest BCUT2D eigenvalue weighted by Gasteiger charge is 2.19. The molecule has 1 aromatic carbocycles. The molecule has 0 heterocycles. The van der Waals surface area contributed by atoms with Gasteiger partial charge in [0.25, 0.3) is 5.91 Å². The fourth-order valence-electron chi connectivity index (χ4n) is 2.25. The van der Waals surface area contributed by atoms with Crippen molar-refractivity contribution in [3.05, 3.63) is 29.1 Å². The summed E-state index contributed by atoms with van der Waals surface area (Å²) >= 11 is 0. The maximum atomic E-state index is 13.9. The smallest absolute Gasteiger partial charge is 0.254 e. The van der Waals surface area contributed by atoms with E-state index in [-0.39, 0.29) is 18.0 Å². The molecule has 0 fully saturated rings. The van der Waals surface area contributed by atoms with Gasteiger partial charge in [-0.25, -0.2) is 4.39 Å². The van der Waals surface area contributed by atoms with Crippen LogP contribution in [0.1, 0.15) is 42.6 Å². The number of hydrogen-bond acceptors (Lipinski definition) is 3. The van der Waals surface area contributed by atoms with Crippen LogP contribution in [0.3, 0.4) is 0 Å². The summed E-state index contributed by atoms with van der Waals surface area (Å²) in [5.74, 6) is -1.00. The standard InChI is InChI=1S/C15H23FN2O2/c1-4-10(5-2)13(19)8-18-15(20)12-7-11(17)6-9(3)14(12)16/h6-7,10,13,19H,4-5,8,17H2,1-3H3,(H,18,20). The number of nitrogens with two attached hydrogens (primary N) is 1. The van der Waals surface area contributed by atoms with Crippen molar-refractivity contribution in [2.45, 2.75) is 39.7 Å². The number of amides is 1. The molecule has 0 radical (unpaired) electrons. The van der Waals surface area contributed by atoms with Gasteiger partial charge >= 0.3 is 0 Å². The molecule has 20 heavy (non-hydrogen) atoms. The van der Waals surface area contributed by atoms with Crippen molar-refractivity contribution in [3.8, 4) is 0 Å². The summed E-state index contributed by atoms with van der Waals surface area (Å²) in [6.45, 7) is 5.64. The van der Waals surface area contributed by atoms with Gasteiger partial charge in [-0.3, -0.25) is 4.79 Å². The van der Waals surface area contributed by atoms with Gasteiger partial charge in [0.05, 0.1) is 11.7 Å². The van der Waals surface area contributed by atoms with Crippen LogP contribution in [0.5, 0.6) is 0 Å². The molecule has 5 heteroatoms. The number of aliphatic hydroxyl groups is 1. The molecule has 0 aliphatic rings. The number of carbonyl (C=O) groups is 1. The Balaban J connectivity index is 2.73. The molecule has 1 rings (SSSR count). The molecular formula is C15H23FN2O2. The molecule has 0 spiro atoms. The van der Waals surface area contributed by atoms with Crippen LogP contribution >= 0.6 is 0 Å². The number of anilines is 1. The highest BCUT2D eigenvalue weighted by molar-refractivity contribution is 5.95. The summed E-state index contributed by atoms with van der Waals surface area (Å²) in [5.41, 5.74) is 6.20. The maximum absolute atomic E-state index is 13.9. The van der Waals surface area contributed by atoms with Gasteiger partial charge < -0.3 is 16.2 Å². The Hall–Kier alpha value is -1.62. The fourth-order valence-corrected chi connectivity index (χ4v) is 2.25. The summed E-state index contributed by atoms with van der Waals surface area (Å²) < 4.78 is 13.9. The number of hydrogen-bond donors (Lipinski definition) is 3. The summed E-state index contributed by atoms with van der Waals surface area (Å²) in [5, 5.41) is 12.5. The molecule has 1 atom stereocenters. The Bertz CT molecular complexity index is 473. The summed E-state index contributed by atoms with van der Waals surface area (Å²) in [6, 6.07) is 2.78. The zero-order valence-electron chi connectivity index (χ0n) is 12.2. The first-order valence-electron chi connectivity index (χ1n) is 6.92. The number of halogens is 1. The van der Waals surface area contributed by atoms with E-state index in [1.165, 1.54) is 12.1 Å². The van der Waals surface area contributed by atoms with Crippen LogP contribution in [0, 0.1) is 18.7 Å². The Morgan fingerprint density at radius 1 is 1.40 bits per heavy atom. The van der Waals surface area contributed by atoms with Crippen molar-refractivity contribution in [2.24, 2.45) is 5.92 Å². The van der Waals surface area contributed by atoms with E-state index in [0.29, 0.717) is 11.3 Å². The second-order valence-corrected chi connectivity index (χ2v) is 5.05. The van der Waals surface area contributed by atoms with Crippen molar-refractivity contribution in [1.82, 2.24) is 5.32 Å². The normalized spacial score (nSPS) is 12.5. The lowest BCUT2D eigenvalue weighted by Crippen LogP contribution is -2.36. The largest absolute Gasteiger partial charge is 0.399 e. The maximum Gasteiger partial charge on any atom is 0.254 e. The van der Waals surface area contributed by atoms with Gasteiger partial charge in [0.1, 0.15) is 5.82 Å². The van der Waals surface area contributed by atoms with E-state index in [1.807, 2.05) is 13.8 Å². The molecule has 112 valence electrons. The Kier molecular flexibility index (Phi) is 5.95. The first kappa shape index (κ1) is 16.4. The van der Waals surface area contributed by atoms with Gasteiger partial charge in [-0.05, 0) is 30.5 Å². The quantitative estimate of drug-likeness (QED) is 0.700. The molecule has 0 bridgehead atoms. The molecule has 1 unspecified atom stereocenters. The highest BCUT2D eigenvalue weighted by Crippen LogP contribution is 2.17. The molecule has 1 amide bonds. The van der Waals surface area contributed by atoms with E-state index >= 15 is 0 Å². The third-order valence-electron chi connectivity index (χ3n) is 3.59. The van der Waals surface area contributed by atoms with Gasteiger partial charge in [-0.15, -0.1) is 0 Å². The fraction of sp³-hybridized carbons (Fsp3) is 0.533. The van der Waals surface area contributed by atoms with Gasteiger partial charge in [-0.1, -0.05) is 26.7 Å². The second-order valence-electron chi connectivity index (χ2n) is 5.05. The Morgan fingerprint density at radius 3 is 2.55 bits per heavy atom. The van der Waals surface area contributed by atoms with Crippen molar-refractivity contribution < 1.29 is 14.3 Å². The van der Waals surface area contributed by atoms with Crippen LogP contribution in [0.15, 0.2) is 12.1 Å². The predicted octanol–water partition coefficient (Wildman–Crippen LogP) is 2.24. The average molecular weight is 282 g/mol. The van der Waals surface area contributed by atoms with Gasteiger partial charge in [0.15, 0.2) is 0 Å². The zero-order chi connectivity index (χ0) is 15.3. The molecule has 0 saturated heterocycles. The first-order chi connectivity index (χ1) is 9.40. The van der Waals surface area contributed by atoms with Crippen LogP contribution in [-0.4, -0.2) is 23.7 Å². The molecule has 1 aromatic rings. The van der Waals surface area contributed by atoms with Crippen LogP contribution in [0.4, 0.5) is 10.1 Å². The van der Waals surface area contributed by atoms with Crippen LogP contribution in [-0.2, 0) is 0 Å². The monoisotopic (exact) mass is 282 g/mol. The van der Waals surface area contributed by atoms with E-state index < -0.39 is 17.8 Å². The molecule has 4 nitrogen and oxygen atoms in total. The van der Waals surface area contributed by atoms with E-state index in [9.17, 15) is 14.3 Å². The number of nitrogen functional groups attached to an aromatic ring is 1. The Morgan fingerprint density at radius 2 is 2.00 bits per heavy atom. The molecule has 0 aromatic heterocycles.